The molecule has 2 atom stereocenters. The summed E-state index contributed by atoms with van der Waals surface area (Å²) in [4.78, 5) is 5.45. The number of hydrogen-bond donors (Lipinski definition) is 2. The van der Waals surface area contributed by atoms with Crippen LogP contribution in [0.1, 0.15) is 50.5 Å². The second kappa shape index (κ2) is 7.49. The predicted molar refractivity (Wildman–Crippen MR) is 84.6 cm³/mol. The summed E-state index contributed by atoms with van der Waals surface area (Å²) >= 11 is 1.56. The van der Waals surface area contributed by atoms with Gasteiger partial charge < -0.3 is 5.32 Å². The maximum absolute atomic E-state index is 12.2. The average molecular weight is 319 g/mol. The lowest BCUT2D eigenvalue weighted by Crippen LogP contribution is -2.41. The normalized spacial score (nSPS) is 15.5. The Morgan fingerprint density at radius 1 is 1.30 bits per heavy atom. The summed E-state index contributed by atoms with van der Waals surface area (Å²) in [6, 6.07) is -0.0112. The lowest BCUT2D eigenvalue weighted by Gasteiger charge is -2.18. The Bertz CT molecular complexity index is 511. The van der Waals surface area contributed by atoms with Crippen molar-refractivity contribution in [1.29, 1.82) is 0 Å². The third kappa shape index (κ3) is 5.12. The third-order valence-electron chi connectivity index (χ3n) is 2.97. The van der Waals surface area contributed by atoms with Crippen LogP contribution in [0.25, 0.3) is 0 Å². The Hall–Kier alpha value is -0.500. The van der Waals surface area contributed by atoms with Gasteiger partial charge in [0, 0.05) is 23.7 Å². The van der Waals surface area contributed by atoms with E-state index in [1.54, 1.807) is 18.3 Å². The van der Waals surface area contributed by atoms with E-state index in [9.17, 15) is 8.42 Å². The molecule has 0 amide bonds. The minimum atomic E-state index is -3.35. The van der Waals surface area contributed by atoms with Crippen molar-refractivity contribution in [3.63, 3.8) is 0 Å². The molecule has 0 aliphatic carbocycles. The van der Waals surface area contributed by atoms with Gasteiger partial charge in [-0.2, -0.15) is 0 Å². The van der Waals surface area contributed by atoms with Crippen molar-refractivity contribution in [3.8, 4) is 0 Å². The van der Waals surface area contributed by atoms with E-state index in [0.29, 0.717) is 6.54 Å². The number of aryl methyl sites for hydroxylation is 1. The Kier molecular flexibility index (Phi) is 6.57. The summed E-state index contributed by atoms with van der Waals surface area (Å²) < 4.78 is 27.2. The zero-order valence-electron chi connectivity index (χ0n) is 12.8. The molecule has 1 rings (SSSR count). The quantitative estimate of drug-likeness (QED) is 0.769. The molecule has 1 aromatic rings. The van der Waals surface area contributed by atoms with Gasteiger partial charge in [-0.3, -0.25) is 0 Å². The van der Waals surface area contributed by atoms with E-state index in [-0.39, 0.29) is 12.1 Å². The van der Waals surface area contributed by atoms with Gasteiger partial charge in [0.2, 0.25) is 10.0 Å². The van der Waals surface area contributed by atoms with Gasteiger partial charge in [-0.05, 0) is 20.3 Å². The SMILES string of the molecule is CCc1cnc(C(C)NS(=O)(=O)C(C)CNC(C)C)s1. The molecule has 1 aromatic heterocycles. The lowest BCUT2D eigenvalue weighted by molar-refractivity contribution is 0.531. The molecule has 5 nitrogen and oxygen atoms in total. The molecule has 116 valence electrons. The van der Waals surface area contributed by atoms with Crippen molar-refractivity contribution >= 4 is 21.4 Å². The second-order valence-electron chi connectivity index (χ2n) is 5.28. The summed E-state index contributed by atoms with van der Waals surface area (Å²) in [5.41, 5.74) is 0. The molecule has 0 aromatic carbocycles. The molecular weight excluding hydrogens is 294 g/mol. The maximum atomic E-state index is 12.2. The van der Waals surface area contributed by atoms with Gasteiger partial charge in [-0.15, -0.1) is 11.3 Å². The molecule has 0 saturated carbocycles. The van der Waals surface area contributed by atoms with E-state index in [0.717, 1.165) is 11.4 Å². The summed E-state index contributed by atoms with van der Waals surface area (Å²) in [6.07, 6.45) is 2.74. The lowest BCUT2D eigenvalue weighted by atomic mass is 10.3. The second-order valence-corrected chi connectivity index (χ2v) is 8.55. The summed E-state index contributed by atoms with van der Waals surface area (Å²) in [5.74, 6) is 0. The van der Waals surface area contributed by atoms with Crippen LogP contribution in [0.4, 0.5) is 0 Å². The fraction of sp³-hybridized carbons (Fsp3) is 0.769. The van der Waals surface area contributed by atoms with Crippen molar-refractivity contribution in [2.75, 3.05) is 6.54 Å². The van der Waals surface area contributed by atoms with E-state index in [1.807, 2.05) is 27.0 Å². The van der Waals surface area contributed by atoms with Crippen LogP contribution >= 0.6 is 11.3 Å². The summed E-state index contributed by atoms with van der Waals surface area (Å²) in [5, 5.41) is 3.49. The van der Waals surface area contributed by atoms with E-state index in [2.05, 4.69) is 21.9 Å². The monoisotopic (exact) mass is 319 g/mol. The van der Waals surface area contributed by atoms with Crippen LogP contribution in [0, 0.1) is 0 Å². The highest BCUT2D eigenvalue weighted by Crippen LogP contribution is 2.21. The largest absolute Gasteiger partial charge is 0.313 e. The van der Waals surface area contributed by atoms with Gasteiger partial charge in [0.05, 0.1) is 11.3 Å². The minimum Gasteiger partial charge on any atom is -0.313 e. The van der Waals surface area contributed by atoms with E-state index in [4.69, 9.17) is 0 Å². The topological polar surface area (TPSA) is 71.1 Å². The Morgan fingerprint density at radius 2 is 1.95 bits per heavy atom. The van der Waals surface area contributed by atoms with Crippen molar-refractivity contribution in [2.45, 2.75) is 58.4 Å². The third-order valence-corrected chi connectivity index (χ3v) is 6.21. The highest BCUT2D eigenvalue weighted by molar-refractivity contribution is 7.90. The molecule has 2 unspecified atom stereocenters. The molecule has 20 heavy (non-hydrogen) atoms. The number of hydrogen-bond acceptors (Lipinski definition) is 5. The predicted octanol–water partition coefficient (Wildman–Crippen LogP) is 2.07. The fourth-order valence-corrected chi connectivity index (χ4v) is 3.70. The van der Waals surface area contributed by atoms with E-state index >= 15 is 0 Å². The van der Waals surface area contributed by atoms with Crippen molar-refractivity contribution in [3.05, 3.63) is 16.1 Å². The van der Waals surface area contributed by atoms with Crippen LogP contribution in [0.3, 0.4) is 0 Å². The maximum Gasteiger partial charge on any atom is 0.216 e. The molecule has 1 heterocycles. The fourth-order valence-electron chi connectivity index (χ4n) is 1.61. The molecular formula is C13H25N3O2S2. The van der Waals surface area contributed by atoms with Gasteiger partial charge in [-0.1, -0.05) is 20.8 Å². The highest BCUT2D eigenvalue weighted by Gasteiger charge is 2.24. The first kappa shape index (κ1) is 17.6. The zero-order chi connectivity index (χ0) is 15.3. The first-order chi connectivity index (χ1) is 9.26. The number of rotatable bonds is 8. The van der Waals surface area contributed by atoms with Crippen molar-refractivity contribution in [1.82, 2.24) is 15.0 Å². The molecule has 7 heteroatoms. The molecule has 0 fully saturated rings. The van der Waals surface area contributed by atoms with Crippen LogP contribution < -0.4 is 10.0 Å². The van der Waals surface area contributed by atoms with Gasteiger partial charge in [0.25, 0.3) is 0 Å². The summed E-state index contributed by atoms with van der Waals surface area (Å²) in [6.45, 7) is 10.0. The van der Waals surface area contributed by atoms with Gasteiger partial charge >= 0.3 is 0 Å². The average Bonchev–Trinajstić information content (AvgIpc) is 2.84. The number of aromatic nitrogens is 1. The number of sulfonamides is 1. The first-order valence-corrected chi connectivity index (χ1v) is 9.31. The standard InChI is InChI=1S/C13H25N3O2S2/c1-6-12-8-15-13(19-12)11(5)16-20(17,18)10(4)7-14-9(2)3/h8-11,14,16H,6-7H2,1-5H3. The number of thiazole rings is 1. The van der Waals surface area contributed by atoms with Gasteiger partial charge in [0.1, 0.15) is 5.01 Å². The molecule has 2 N–H and O–H groups in total. The van der Waals surface area contributed by atoms with E-state index < -0.39 is 15.3 Å². The Morgan fingerprint density at radius 3 is 2.45 bits per heavy atom. The number of nitrogens with zero attached hydrogens (tertiary/aromatic N) is 1. The van der Waals surface area contributed by atoms with Crippen molar-refractivity contribution in [2.24, 2.45) is 0 Å². The summed E-state index contributed by atoms with van der Waals surface area (Å²) in [7, 11) is -3.35. The Labute approximate surface area is 126 Å². The number of nitrogens with one attached hydrogen (secondary N) is 2. The van der Waals surface area contributed by atoms with Gasteiger partial charge in [0.15, 0.2) is 0 Å². The van der Waals surface area contributed by atoms with Crippen LogP contribution in [0.15, 0.2) is 6.20 Å². The van der Waals surface area contributed by atoms with Crippen LogP contribution in [-0.4, -0.2) is 31.2 Å². The van der Waals surface area contributed by atoms with E-state index in [1.165, 1.54) is 4.88 Å². The van der Waals surface area contributed by atoms with Crippen molar-refractivity contribution < 1.29 is 8.42 Å². The highest BCUT2D eigenvalue weighted by atomic mass is 32.2. The van der Waals surface area contributed by atoms with Gasteiger partial charge in [-0.25, -0.2) is 18.1 Å². The van der Waals surface area contributed by atoms with Crippen LogP contribution in [0.5, 0.6) is 0 Å². The molecule has 0 aliphatic heterocycles. The molecule has 0 spiro atoms. The Balaban J connectivity index is 2.65. The molecule has 0 aliphatic rings. The minimum absolute atomic E-state index is 0.274. The first-order valence-electron chi connectivity index (χ1n) is 6.95. The van der Waals surface area contributed by atoms with Crippen LogP contribution in [0.2, 0.25) is 0 Å². The van der Waals surface area contributed by atoms with Crippen LogP contribution in [-0.2, 0) is 16.4 Å². The smallest absolute Gasteiger partial charge is 0.216 e. The zero-order valence-corrected chi connectivity index (χ0v) is 14.4. The molecule has 0 saturated heterocycles. The molecule has 0 radical (unpaired) electrons. The molecule has 0 bridgehead atoms.